The van der Waals surface area contributed by atoms with E-state index in [1.807, 2.05) is 5.32 Å². The molecular weight excluding hydrogens is 256 g/mol. The van der Waals surface area contributed by atoms with Crippen molar-refractivity contribution < 1.29 is 14.5 Å². The van der Waals surface area contributed by atoms with Gasteiger partial charge < -0.3 is 9.88 Å². The molecule has 102 valence electrons. The Labute approximate surface area is 107 Å². The van der Waals surface area contributed by atoms with Crippen LogP contribution in [0.4, 0.5) is 10.5 Å². The number of imide groups is 1. The molecule has 9 nitrogen and oxygen atoms in total. The minimum atomic E-state index is -0.656. The topological polar surface area (TPSA) is 123 Å². The lowest BCUT2D eigenvalue weighted by Gasteiger charge is -2.05. The minimum Gasteiger partial charge on any atom is -0.341 e. The highest BCUT2D eigenvalue weighted by Gasteiger charge is 2.10. The van der Waals surface area contributed by atoms with Gasteiger partial charge in [0.1, 0.15) is 0 Å². The summed E-state index contributed by atoms with van der Waals surface area (Å²) in [6.07, 6.45) is 0.907. The molecule has 0 aliphatic heterocycles. The predicted octanol–water partition coefficient (Wildman–Crippen LogP) is -0.398. The van der Waals surface area contributed by atoms with Gasteiger partial charge in [-0.3, -0.25) is 25.0 Å². The van der Waals surface area contributed by atoms with E-state index in [0.29, 0.717) is 0 Å². The van der Waals surface area contributed by atoms with E-state index in [9.17, 15) is 24.5 Å². The number of rotatable bonds is 4. The van der Waals surface area contributed by atoms with E-state index in [1.54, 1.807) is 0 Å². The highest BCUT2D eigenvalue weighted by molar-refractivity contribution is 5.94. The van der Waals surface area contributed by atoms with Crippen LogP contribution < -0.4 is 16.2 Å². The van der Waals surface area contributed by atoms with Gasteiger partial charge in [0.25, 0.3) is 11.2 Å². The van der Waals surface area contributed by atoms with Gasteiger partial charge in [-0.15, -0.1) is 0 Å². The van der Waals surface area contributed by atoms with Crippen LogP contribution in [0.15, 0.2) is 23.1 Å². The summed E-state index contributed by atoms with van der Waals surface area (Å²) in [4.78, 5) is 43.5. The average Bonchev–Trinajstić information content (AvgIpc) is 2.37. The Hall–Kier alpha value is -2.71. The predicted molar refractivity (Wildman–Crippen MR) is 64.6 cm³/mol. The van der Waals surface area contributed by atoms with Crippen LogP contribution >= 0.6 is 0 Å². The number of nitrogens with one attached hydrogen (secondary N) is 2. The molecule has 0 radical (unpaired) electrons. The molecule has 9 heteroatoms. The molecular formula is C10H12N4O5. The van der Waals surface area contributed by atoms with Crippen LogP contribution in [0.25, 0.3) is 0 Å². The van der Waals surface area contributed by atoms with Crippen molar-refractivity contribution in [2.24, 2.45) is 0 Å². The first-order valence-corrected chi connectivity index (χ1v) is 5.30. The first-order valence-electron chi connectivity index (χ1n) is 5.30. The van der Waals surface area contributed by atoms with Crippen LogP contribution in [-0.2, 0) is 11.3 Å². The number of hydrogen-bond acceptors (Lipinski definition) is 5. The normalized spacial score (nSPS) is 9.74. The van der Waals surface area contributed by atoms with E-state index in [4.69, 9.17) is 0 Å². The molecule has 19 heavy (non-hydrogen) atoms. The van der Waals surface area contributed by atoms with Gasteiger partial charge in [0, 0.05) is 32.1 Å². The summed E-state index contributed by atoms with van der Waals surface area (Å²) >= 11 is 0. The van der Waals surface area contributed by atoms with E-state index in [-0.39, 0.29) is 18.7 Å². The van der Waals surface area contributed by atoms with Crippen LogP contribution in [-0.4, -0.2) is 28.5 Å². The van der Waals surface area contributed by atoms with E-state index in [1.165, 1.54) is 7.05 Å². The van der Waals surface area contributed by atoms with Crippen molar-refractivity contribution in [2.45, 2.75) is 13.0 Å². The van der Waals surface area contributed by atoms with E-state index >= 15 is 0 Å². The first-order chi connectivity index (χ1) is 8.93. The van der Waals surface area contributed by atoms with Crippen LogP contribution in [0.1, 0.15) is 6.42 Å². The molecule has 0 saturated carbocycles. The molecule has 0 bridgehead atoms. The Kier molecular flexibility index (Phi) is 4.75. The molecule has 0 saturated heterocycles. The number of nitro groups is 1. The molecule has 1 aromatic heterocycles. The molecule has 0 fully saturated rings. The number of amides is 3. The van der Waals surface area contributed by atoms with Crippen LogP contribution in [0.2, 0.25) is 0 Å². The van der Waals surface area contributed by atoms with E-state index < -0.39 is 22.4 Å². The van der Waals surface area contributed by atoms with Crippen molar-refractivity contribution in [3.05, 3.63) is 38.8 Å². The number of carbonyl (C=O) groups excluding carboxylic acids is 2. The second kappa shape index (κ2) is 6.28. The summed E-state index contributed by atoms with van der Waals surface area (Å²) in [6, 6.07) is 1.48. The Bertz CT molecular complexity index is 565. The van der Waals surface area contributed by atoms with Gasteiger partial charge >= 0.3 is 6.03 Å². The smallest absolute Gasteiger partial charge is 0.321 e. The maximum absolute atomic E-state index is 11.4. The summed E-state index contributed by atoms with van der Waals surface area (Å²) in [6.45, 7) is -0.0522. The number of pyridine rings is 1. The van der Waals surface area contributed by atoms with Crippen molar-refractivity contribution in [2.75, 3.05) is 7.05 Å². The van der Waals surface area contributed by atoms with Gasteiger partial charge in [-0.2, -0.15) is 0 Å². The Morgan fingerprint density at radius 3 is 2.68 bits per heavy atom. The molecule has 3 amide bonds. The monoisotopic (exact) mass is 268 g/mol. The number of carbonyl (C=O) groups is 2. The number of urea groups is 1. The fraction of sp³-hybridized carbons (Fsp3) is 0.300. The average molecular weight is 268 g/mol. The van der Waals surface area contributed by atoms with Crippen molar-refractivity contribution in [3.63, 3.8) is 0 Å². The second-order valence-electron chi connectivity index (χ2n) is 3.55. The fourth-order valence-electron chi connectivity index (χ4n) is 1.28. The third-order valence-electron chi connectivity index (χ3n) is 2.24. The Morgan fingerprint density at radius 1 is 1.42 bits per heavy atom. The summed E-state index contributed by atoms with van der Waals surface area (Å²) < 4.78 is 1.04. The molecule has 1 rings (SSSR count). The third kappa shape index (κ3) is 4.22. The van der Waals surface area contributed by atoms with Gasteiger partial charge in [0.05, 0.1) is 11.1 Å². The minimum absolute atomic E-state index is 0.0522. The summed E-state index contributed by atoms with van der Waals surface area (Å²) in [5, 5.41) is 14.8. The lowest BCUT2D eigenvalue weighted by atomic mass is 10.3. The number of hydrogen-bond donors (Lipinski definition) is 2. The largest absolute Gasteiger partial charge is 0.341 e. The van der Waals surface area contributed by atoms with Crippen molar-refractivity contribution in [1.82, 2.24) is 15.2 Å². The van der Waals surface area contributed by atoms with Gasteiger partial charge in [-0.05, 0) is 0 Å². The van der Waals surface area contributed by atoms with E-state index in [2.05, 4.69) is 5.32 Å². The van der Waals surface area contributed by atoms with Crippen molar-refractivity contribution in [3.8, 4) is 0 Å². The fourth-order valence-corrected chi connectivity index (χ4v) is 1.28. The molecule has 0 aliphatic carbocycles. The number of aromatic nitrogens is 1. The van der Waals surface area contributed by atoms with Crippen molar-refractivity contribution in [1.29, 1.82) is 0 Å². The quantitative estimate of drug-likeness (QED) is 0.568. The van der Waals surface area contributed by atoms with Crippen LogP contribution in [0, 0.1) is 10.1 Å². The zero-order chi connectivity index (χ0) is 14.4. The summed E-state index contributed by atoms with van der Waals surface area (Å²) in [5.74, 6) is -0.585. The molecule has 2 N–H and O–H groups in total. The van der Waals surface area contributed by atoms with Gasteiger partial charge in [0.2, 0.25) is 5.91 Å². The second-order valence-corrected chi connectivity index (χ2v) is 3.55. The summed E-state index contributed by atoms with van der Waals surface area (Å²) in [7, 11) is 1.35. The first kappa shape index (κ1) is 14.4. The lowest BCUT2D eigenvalue weighted by Crippen LogP contribution is -2.38. The highest BCUT2D eigenvalue weighted by atomic mass is 16.6. The van der Waals surface area contributed by atoms with Gasteiger partial charge in [-0.25, -0.2) is 4.79 Å². The lowest BCUT2D eigenvalue weighted by molar-refractivity contribution is -0.385. The zero-order valence-electron chi connectivity index (χ0n) is 10.1. The molecule has 1 aromatic rings. The third-order valence-corrected chi connectivity index (χ3v) is 2.24. The Morgan fingerprint density at radius 2 is 2.11 bits per heavy atom. The molecule has 0 aromatic carbocycles. The van der Waals surface area contributed by atoms with Crippen LogP contribution in [0.5, 0.6) is 0 Å². The molecule has 0 unspecified atom stereocenters. The number of aryl methyl sites for hydroxylation is 1. The molecule has 1 heterocycles. The van der Waals surface area contributed by atoms with Gasteiger partial charge in [0.15, 0.2) is 0 Å². The maximum Gasteiger partial charge on any atom is 0.321 e. The van der Waals surface area contributed by atoms with Gasteiger partial charge in [-0.1, -0.05) is 0 Å². The Balaban J connectivity index is 2.70. The SMILES string of the molecule is CNC(=O)NC(=O)CCn1cc([N+](=O)[O-])ccc1=O. The maximum atomic E-state index is 11.4. The number of nitrogens with zero attached hydrogens (tertiary/aromatic N) is 2. The van der Waals surface area contributed by atoms with Crippen molar-refractivity contribution >= 4 is 17.6 Å². The molecule has 0 atom stereocenters. The zero-order valence-corrected chi connectivity index (χ0v) is 10.1. The van der Waals surface area contributed by atoms with Crippen LogP contribution in [0.3, 0.4) is 0 Å². The van der Waals surface area contributed by atoms with E-state index in [0.717, 1.165) is 22.9 Å². The summed E-state index contributed by atoms with van der Waals surface area (Å²) in [5.41, 5.74) is -0.704. The molecule has 0 spiro atoms. The molecule has 0 aliphatic rings. The highest BCUT2D eigenvalue weighted by Crippen LogP contribution is 2.06. The standard InChI is InChI=1S/C10H12N4O5/c1-11-10(17)12-8(15)4-5-13-6-7(14(18)19)2-3-9(13)16/h2-3,6H,4-5H2,1H3,(H2,11,12,15,17).